The summed E-state index contributed by atoms with van der Waals surface area (Å²) in [5.74, 6) is -1.72. The summed E-state index contributed by atoms with van der Waals surface area (Å²) in [5.41, 5.74) is -3.44. The van der Waals surface area contributed by atoms with Crippen LogP contribution < -0.4 is 0 Å². The van der Waals surface area contributed by atoms with Crippen LogP contribution in [-0.2, 0) is 19.1 Å². The summed E-state index contributed by atoms with van der Waals surface area (Å²) in [7, 11) is 0. The number of carbonyl (C=O) groups is 2. The summed E-state index contributed by atoms with van der Waals surface area (Å²) in [4.78, 5) is 25.4. The largest absolute Gasteiger partial charge is 0.457 e. The summed E-state index contributed by atoms with van der Waals surface area (Å²) in [6, 6.07) is 0. The van der Waals surface area contributed by atoms with Gasteiger partial charge in [-0.25, -0.2) is 0 Å². The topological polar surface area (TPSA) is 93.1 Å². The van der Waals surface area contributed by atoms with Crippen molar-refractivity contribution in [1.82, 2.24) is 0 Å². The third-order valence-corrected chi connectivity index (χ3v) is 7.73. The number of fused-ring (bicyclic) bond motifs is 3. The molecule has 0 aromatic heterocycles. The molecular formula is C22H34O6. The van der Waals surface area contributed by atoms with Crippen LogP contribution in [0.25, 0.3) is 0 Å². The van der Waals surface area contributed by atoms with Gasteiger partial charge in [-0.15, -0.1) is 6.58 Å². The van der Waals surface area contributed by atoms with Crippen LogP contribution in [0.5, 0.6) is 0 Å². The number of ketones is 1. The zero-order valence-electron chi connectivity index (χ0n) is 17.8. The predicted molar refractivity (Wildman–Crippen MR) is 103 cm³/mol. The first-order valence-corrected chi connectivity index (χ1v) is 10.1. The average Bonchev–Trinajstić information content (AvgIpc) is 2.54. The molecule has 6 heteroatoms. The maximum absolute atomic E-state index is 13.5. The normalized spacial score (nSPS) is 50.3. The highest BCUT2D eigenvalue weighted by Crippen LogP contribution is 2.65. The van der Waals surface area contributed by atoms with Crippen molar-refractivity contribution in [2.75, 3.05) is 0 Å². The van der Waals surface area contributed by atoms with Gasteiger partial charge in [0, 0.05) is 24.7 Å². The van der Waals surface area contributed by atoms with E-state index in [1.807, 2.05) is 20.8 Å². The molecule has 1 saturated heterocycles. The fraction of sp³-hybridized carbons (Fsp3) is 0.818. The molecule has 2 N–H and O–H groups in total. The Morgan fingerprint density at radius 2 is 1.86 bits per heavy atom. The van der Waals surface area contributed by atoms with Gasteiger partial charge in [-0.2, -0.15) is 0 Å². The minimum absolute atomic E-state index is 0.0514. The van der Waals surface area contributed by atoms with Gasteiger partial charge >= 0.3 is 5.97 Å². The molecule has 2 aliphatic carbocycles. The minimum Gasteiger partial charge on any atom is -0.457 e. The molecule has 28 heavy (non-hydrogen) atoms. The van der Waals surface area contributed by atoms with Gasteiger partial charge in [0.15, 0.2) is 6.10 Å². The highest BCUT2D eigenvalue weighted by Gasteiger charge is 2.73. The zero-order valence-corrected chi connectivity index (χ0v) is 17.8. The number of aliphatic hydroxyl groups excluding tert-OH is 2. The number of rotatable bonds is 2. The van der Waals surface area contributed by atoms with Crippen LogP contribution in [0.15, 0.2) is 12.7 Å². The maximum Gasteiger partial charge on any atom is 0.303 e. The van der Waals surface area contributed by atoms with Gasteiger partial charge in [0.05, 0.1) is 23.7 Å². The molecule has 158 valence electrons. The lowest BCUT2D eigenvalue weighted by molar-refractivity contribution is -0.321. The monoisotopic (exact) mass is 394 g/mol. The Morgan fingerprint density at radius 1 is 1.25 bits per heavy atom. The van der Waals surface area contributed by atoms with Gasteiger partial charge in [-0.3, -0.25) is 9.59 Å². The van der Waals surface area contributed by atoms with E-state index in [1.54, 1.807) is 19.9 Å². The Balaban J connectivity index is 2.24. The Labute approximate surface area is 167 Å². The number of hydrogen-bond donors (Lipinski definition) is 2. The standard InChI is InChI=1S/C22H34O6/c1-8-20(5)11-13(24)16-21(6)14(25)9-10-19(3,4)17(21)15(26)18(27-12(2)23)22(16,7)28-20/h8,14-18,25-26H,1,9-11H2,2-7H3/t14-,15-,16?,17-,18+,20-,21+,22-/m0/s1. The van der Waals surface area contributed by atoms with E-state index in [-0.39, 0.29) is 17.6 Å². The summed E-state index contributed by atoms with van der Waals surface area (Å²) < 4.78 is 12.0. The summed E-state index contributed by atoms with van der Waals surface area (Å²) >= 11 is 0. The molecule has 0 aromatic rings. The SMILES string of the molecule is C=C[C@@]1(C)CC(=O)C2[C@@]3(C)[C@@H](O)CCC(C)(C)[C@@H]3[C@H](O)[C@@H](OC(C)=O)[C@@]2(C)O1. The molecule has 2 saturated carbocycles. The molecule has 0 amide bonds. The van der Waals surface area contributed by atoms with E-state index in [9.17, 15) is 19.8 Å². The van der Waals surface area contributed by atoms with Crippen molar-refractivity contribution in [2.24, 2.45) is 22.7 Å². The Bertz CT molecular complexity index is 701. The van der Waals surface area contributed by atoms with E-state index in [0.717, 1.165) is 0 Å². The van der Waals surface area contributed by atoms with E-state index >= 15 is 0 Å². The lowest BCUT2D eigenvalue weighted by Crippen LogP contribution is -2.77. The van der Waals surface area contributed by atoms with Gasteiger partial charge in [0.1, 0.15) is 11.4 Å². The lowest BCUT2D eigenvalue weighted by Gasteiger charge is -2.68. The lowest BCUT2D eigenvalue weighted by atomic mass is 9.41. The van der Waals surface area contributed by atoms with Crippen LogP contribution in [0.2, 0.25) is 0 Å². The second-order valence-corrected chi connectivity index (χ2v) is 10.3. The van der Waals surface area contributed by atoms with Crippen molar-refractivity contribution in [3.8, 4) is 0 Å². The number of Topliss-reactive ketones (excluding diaryl/α,β-unsaturated/α-hetero) is 1. The van der Waals surface area contributed by atoms with Gasteiger partial charge in [-0.05, 0) is 32.1 Å². The second-order valence-electron chi connectivity index (χ2n) is 10.3. The van der Waals surface area contributed by atoms with Crippen molar-refractivity contribution < 1.29 is 29.3 Å². The van der Waals surface area contributed by atoms with E-state index in [0.29, 0.717) is 12.8 Å². The molecule has 1 unspecified atom stereocenters. The number of carbonyl (C=O) groups excluding carboxylic acids is 2. The van der Waals surface area contributed by atoms with Gasteiger partial charge < -0.3 is 19.7 Å². The average molecular weight is 395 g/mol. The Kier molecular flexibility index (Phi) is 4.89. The number of hydrogen-bond acceptors (Lipinski definition) is 6. The fourth-order valence-corrected chi connectivity index (χ4v) is 6.77. The first-order valence-electron chi connectivity index (χ1n) is 10.1. The molecular weight excluding hydrogens is 360 g/mol. The molecule has 8 atom stereocenters. The smallest absolute Gasteiger partial charge is 0.303 e. The van der Waals surface area contributed by atoms with Crippen molar-refractivity contribution in [2.45, 2.75) is 90.3 Å². The highest BCUT2D eigenvalue weighted by molar-refractivity contribution is 5.86. The molecule has 3 fully saturated rings. The van der Waals surface area contributed by atoms with Crippen LogP contribution in [0.1, 0.15) is 60.8 Å². The molecule has 0 spiro atoms. The van der Waals surface area contributed by atoms with Gasteiger partial charge in [-0.1, -0.05) is 26.8 Å². The van der Waals surface area contributed by atoms with Gasteiger partial charge in [0.2, 0.25) is 0 Å². The number of aliphatic hydroxyl groups is 2. The Morgan fingerprint density at radius 3 is 2.39 bits per heavy atom. The molecule has 0 bridgehead atoms. The van der Waals surface area contributed by atoms with E-state index in [1.165, 1.54) is 6.92 Å². The summed E-state index contributed by atoms with van der Waals surface area (Å²) in [5, 5.41) is 22.6. The van der Waals surface area contributed by atoms with Crippen molar-refractivity contribution in [1.29, 1.82) is 0 Å². The maximum atomic E-state index is 13.5. The summed E-state index contributed by atoms with van der Waals surface area (Å²) in [6.07, 6.45) is 0.128. The molecule has 0 aromatic carbocycles. The van der Waals surface area contributed by atoms with Crippen molar-refractivity contribution in [3.63, 3.8) is 0 Å². The first-order chi connectivity index (χ1) is 12.7. The third kappa shape index (κ3) is 2.79. The fourth-order valence-electron chi connectivity index (χ4n) is 6.77. The van der Waals surface area contributed by atoms with Crippen molar-refractivity contribution in [3.05, 3.63) is 12.7 Å². The van der Waals surface area contributed by atoms with Crippen molar-refractivity contribution >= 4 is 11.8 Å². The highest BCUT2D eigenvalue weighted by atomic mass is 16.6. The first kappa shape index (κ1) is 21.5. The molecule has 1 heterocycles. The molecule has 1 aliphatic heterocycles. The predicted octanol–water partition coefficient (Wildman–Crippen LogP) is 2.41. The van der Waals surface area contributed by atoms with Crippen LogP contribution >= 0.6 is 0 Å². The molecule has 3 rings (SSSR count). The van der Waals surface area contributed by atoms with Gasteiger partial charge in [0.25, 0.3) is 0 Å². The minimum atomic E-state index is -1.27. The quantitative estimate of drug-likeness (QED) is 0.552. The number of ether oxygens (including phenoxy) is 2. The zero-order chi connectivity index (χ0) is 21.3. The van der Waals surface area contributed by atoms with Crippen LogP contribution in [0.3, 0.4) is 0 Å². The Hall–Kier alpha value is -1.24. The number of esters is 1. The van der Waals surface area contributed by atoms with E-state index in [4.69, 9.17) is 9.47 Å². The van der Waals surface area contributed by atoms with Crippen LogP contribution in [-0.4, -0.2) is 51.5 Å². The molecule has 0 radical (unpaired) electrons. The van der Waals surface area contributed by atoms with E-state index in [2.05, 4.69) is 6.58 Å². The van der Waals surface area contributed by atoms with Crippen LogP contribution in [0, 0.1) is 22.7 Å². The second kappa shape index (κ2) is 6.38. The van der Waals surface area contributed by atoms with Crippen LogP contribution in [0.4, 0.5) is 0 Å². The molecule has 6 nitrogen and oxygen atoms in total. The van der Waals surface area contributed by atoms with E-state index < -0.39 is 52.7 Å². The third-order valence-electron chi connectivity index (χ3n) is 7.73. The molecule has 3 aliphatic rings. The summed E-state index contributed by atoms with van der Waals surface area (Å²) in [6.45, 7) is 14.6.